The molecule has 0 saturated carbocycles. The predicted molar refractivity (Wildman–Crippen MR) is 146 cm³/mol. The fraction of sp³-hybridized carbons (Fsp3) is 0.444. The van der Waals surface area contributed by atoms with E-state index in [2.05, 4.69) is 20.9 Å². The van der Waals surface area contributed by atoms with Gasteiger partial charge in [-0.1, -0.05) is 6.07 Å². The number of benzene rings is 2. The topological polar surface area (TPSA) is 106 Å². The molecule has 5 amide bonds. The van der Waals surface area contributed by atoms with Gasteiger partial charge in [-0.15, -0.1) is 0 Å². The van der Waals surface area contributed by atoms with Gasteiger partial charge in [0, 0.05) is 62.9 Å². The van der Waals surface area contributed by atoms with Crippen LogP contribution in [0.25, 0.3) is 0 Å². The first-order chi connectivity index (χ1) is 19.0. The van der Waals surface area contributed by atoms with E-state index in [-0.39, 0.29) is 36.8 Å². The zero-order valence-corrected chi connectivity index (χ0v) is 22.8. The standard InChI is InChI=1S/C27H35F3N6O4/c1-19(2)31-25(38)36(15-16-40-3)18-24(37)32-21-7-9-23(10-8-21)34-11-13-35(14-12-34)26(39)33-22-6-4-5-20(17-22)27(28,29)30/h4-10,17,19H,11-16,18H2,1-3H3,(H,31,38)(H,32,37)(H,33,39). The van der Waals surface area contributed by atoms with Crippen LogP contribution in [0.15, 0.2) is 48.5 Å². The number of hydrogen-bond donors (Lipinski definition) is 3. The molecule has 2 aromatic rings. The summed E-state index contributed by atoms with van der Waals surface area (Å²) in [6.07, 6.45) is -4.49. The quantitative estimate of drug-likeness (QED) is 0.426. The largest absolute Gasteiger partial charge is 0.416 e. The monoisotopic (exact) mass is 564 g/mol. The molecule has 0 aromatic heterocycles. The normalized spacial score (nSPS) is 13.7. The SMILES string of the molecule is COCCN(CC(=O)Nc1ccc(N2CCN(C(=O)Nc3cccc(C(F)(F)F)c3)CC2)cc1)C(=O)NC(C)C. The highest BCUT2D eigenvalue weighted by Crippen LogP contribution is 2.30. The number of halogens is 3. The van der Waals surface area contributed by atoms with E-state index in [4.69, 9.17) is 4.74 Å². The fourth-order valence-electron chi connectivity index (χ4n) is 4.07. The summed E-state index contributed by atoms with van der Waals surface area (Å²) in [5.41, 5.74) is 0.731. The lowest BCUT2D eigenvalue weighted by atomic mass is 10.2. The average Bonchev–Trinajstić information content (AvgIpc) is 2.91. The van der Waals surface area contributed by atoms with Gasteiger partial charge in [0.1, 0.15) is 6.54 Å². The number of rotatable bonds is 9. The van der Waals surface area contributed by atoms with Crippen molar-refractivity contribution in [3.8, 4) is 0 Å². The van der Waals surface area contributed by atoms with Crippen LogP contribution in [0.3, 0.4) is 0 Å². The van der Waals surface area contributed by atoms with Crippen LogP contribution in [0.5, 0.6) is 0 Å². The highest BCUT2D eigenvalue weighted by molar-refractivity contribution is 5.94. The van der Waals surface area contributed by atoms with Gasteiger partial charge >= 0.3 is 18.2 Å². The fourth-order valence-corrected chi connectivity index (χ4v) is 4.07. The molecule has 10 nitrogen and oxygen atoms in total. The van der Waals surface area contributed by atoms with Crippen molar-refractivity contribution in [1.29, 1.82) is 0 Å². The first-order valence-electron chi connectivity index (χ1n) is 12.9. The first kappa shape index (κ1) is 30.5. The Morgan fingerprint density at radius 3 is 2.25 bits per heavy atom. The van der Waals surface area contributed by atoms with Crippen LogP contribution in [0.2, 0.25) is 0 Å². The molecule has 0 aliphatic carbocycles. The van der Waals surface area contributed by atoms with Crippen LogP contribution in [0, 0.1) is 0 Å². The molecule has 0 spiro atoms. The number of ether oxygens (including phenoxy) is 1. The number of carbonyl (C=O) groups is 3. The molecule has 0 unspecified atom stereocenters. The summed E-state index contributed by atoms with van der Waals surface area (Å²) in [4.78, 5) is 42.6. The Morgan fingerprint density at radius 2 is 1.65 bits per heavy atom. The first-order valence-corrected chi connectivity index (χ1v) is 12.9. The summed E-state index contributed by atoms with van der Waals surface area (Å²) in [7, 11) is 1.52. The van der Waals surface area contributed by atoms with Gasteiger partial charge in [0.15, 0.2) is 0 Å². The van der Waals surface area contributed by atoms with E-state index in [0.717, 1.165) is 17.8 Å². The van der Waals surface area contributed by atoms with Crippen molar-refractivity contribution >= 4 is 35.0 Å². The van der Waals surface area contributed by atoms with Gasteiger partial charge in [-0.05, 0) is 56.3 Å². The Hall–Kier alpha value is -4.00. The molecule has 218 valence electrons. The van der Waals surface area contributed by atoms with E-state index in [1.54, 1.807) is 17.0 Å². The Kier molecular flexibility index (Phi) is 10.6. The molecule has 13 heteroatoms. The summed E-state index contributed by atoms with van der Waals surface area (Å²) in [5, 5.41) is 8.10. The summed E-state index contributed by atoms with van der Waals surface area (Å²) < 4.78 is 43.9. The van der Waals surface area contributed by atoms with Gasteiger partial charge in [0.2, 0.25) is 5.91 Å². The molecule has 1 fully saturated rings. The van der Waals surface area contributed by atoms with E-state index in [0.29, 0.717) is 38.5 Å². The van der Waals surface area contributed by atoms with Crippen molar-refractivity contribution in [2.45, 2.75) is 26.1 Å². The van der Waals surface area contributed by atoms with Crippen molar-refractivity contribution < 1.29 is 32.3 Å². The van der Waals surface area contributed by atoms with Crippen molar-refractivity contribution in [2.75, 3.05) is 68.5 Å². The van der Waals surface area contributed by atoms with Crippen LogP contribution >= 0.6 is 0 Å². The molecule has 0 bridgehead atoms. The lowest BCUT2D eigenvalue weighted by molar-refractivity contribution is -0.137. The molecule has 3 rings (SSSR count). The van der Waals surface area contributed by atoms with Crippen molar-refractivity contribution in [2.24, 2.45) is 0 Å². The molecular formula is C27H35F3N6O4. The number of urea groups is 2. The van der Waals surface area contributed by atoms with Crippen molar-refractivity contribution in [1.82, 2.24) is 15.1 Å². The van der Waals surface area contributed by atoms with E-state index in [1.165, 1.54) is 24.1 Å². The summed E-state index contributed by atoms with van der Waals surface area (Å²) >= 11 is 0. The third-order valence-electron chi connectivity index (χ3n) is 6.12. The van der Waals surface area contributed by atoms with Crippen LogP contribution < -0.4 is 20.9 Å². The number of nitrogens with zero attached hydrogens (tertiary/aromatic N) is 3. The van der Waals surface area contributed by atoms with E-state index >= 15 is 0 Å². The number of amides is 5. The van der Waals surface area contributed by atoms with E-state index in [9.17, 15) is 27.6 Å². The molecular weight excluding hydrogens is 529 g/mol. The van der Waals surface area contributed by atoms with Crippen molar-refractivity contribution in [3.05, 3.63) is 54.1 Å². The number of piperazine rings is 1. The second-order valence-electron chi connectivity index (χ2n) is 9.60. The molecule has 3 N–H and O–H groups in total. The summed E-state index contributed by atoms with van der Waals surface area (Å²) in [5.74, 6) is -0.344. The molecule has 1 heterocycles. The maximum Gasteiger partial charge on any atom is 0.416 e. The second-order valence-corrected chi connectivity index (χ2v) is 9.60. The third-order valence-corrected chi connectivity index (χ3v) is 6.12. The highest BCUT2D eigenvalue weighted by atomic mass is 19.4. The van der Waals surface area contributed by atoms with Gasteiger partial charge in [0.05, 0.1) is 12.2 Å². The van der Waals surface area contributed by atoms with E-state index < -0.39 is 17.8 Å². The van der Waals surface area contributed by atoms with Crippen LogP contribution in [-0.4, -0.2) is 86.8 Å². The number of anilines is 3. The maximum atomic E-state index is 12.9. The highest BCUT2D eigenvalue weighted by Gasteiger charge is 2.31. The Morgan fingerprint density at radius 1 is 0.975 bits per heavy atom. The van der Waals surface area contributed by atoms with Crippen molar-refractivity contribution in [3.63, 3.8) is 0 Å². The van der Waals surface area contributed by atoms with Gasteiger partial charge in [-0.3, -0.25) is 4.79 Å². The zero-order valence-electron chi connectivity index (χ0n) is 22.8. The Bertz CT molecular complexity index is 1150. The van der Waals surface area contributed by atoms with Gasteiger partial charge in [-0.2, -0.15) is 13.2 Å². The molecule has 0 atom stereocenters. The molecule has 1 aliphatic heterocycles. The summed E-state index contributed by atoms with van der Waals surface area (Å²) in [6, 6.07) is 10.9. The summed E-state index contributed by atoms with van der Waals surface area (Å²) in [6.45, 7) is 5.94. The lowest BCUT2D eigenvalue weighted by Gasteiger charge is -2.36. The van der Waals surface area contributed by atoms with Gasteiger partial charge in [0.25, 0.3) is 0 Å². The lowest BCUT2D eigenvalue weighted by Crippen LogP contribution is -2.50. The predicted octanol–water partition coefficient (Wildman–Crippen LogP) is 4.06. The minimum Gasteiger partial charge on any atom is -0.383 e. The average molecular weight is 565 g/mol. The number of carbonyl (C=O) groups excluding carboxylic acids is 3. The second kappa shape index (κ2) is 13.9. The van der Waals surface area contributed by atoms with Gasteiger partial charge in [-0.25, -0.2) is 9.59 Å². The molecule has 2 aromatic carbocycles. The smallest absolute Gasteiger partial charge is 0.383 e. The Labute approximate surface area is 231 Å². The number of alkyl halides is 3. The zero-order chi connectivity index (χ0) is 29.3. The number of nitrogens with one attached hydrogen (secondary N) is 3. The van der Waals surface area contributed by atoms with Crippen LogP contribution in [0.1, 0.15) is 19.4 Å². The van der Waals surface area contributed by atoms with Gasteiger partial charge < -0.3 is 35.4 Å². The number of methoxy groups -OCH3 is 1. The molecule has 1 aliphatic rings. The van der Waals surface area contributed by atoms with E-state index in [1.807, 2.05) is 26.0 Å². The van der Waals surface area contributed by atoms with Crippen LogP contribution in [0.4, 0.5) is 39.8 Å². The Balaban J connectivity index is 1.49. The number of hydrogen-bond acceptors (Lipinski definition) is 5. The van der Waals surface area contributed by atoms with Crippen LogP contribution in [-0.2, 0) is 15.7 Å². The third kappa shape index (κ3) is 9.04. The molecule has 40 heavy (non-hydrogen) atoms. The minimum atomic E-state index is -4.49. The molecule has 0 radical (unpaired) electrons. The maximum absolute atomic E-state index is 12.9. The molecule has 1 saturated heterocycles. The minimum absolute atomic E-state index is 0.0697.